The van der Waals surface area contributed by atoms with Crippen LogP contribution in [-0.4, -0.2) is 6.61 Å². The largest absolute Gasteiger partial charge is 0.493 e. The predicted molar refractivity (Wildman–Crippen MR) is 66.3 cm³/mol. The Balaban J connectivity index is 2.76. The monoisotopic (exact) mass is 204 g/mol. The highest BCUT2D eigenvalue weighted by Crippen LogP contribution is 2.21. The van der Waals surface area contributed by atoms with Gasteiger partial charge in [-0.25, -0.2) is 0 Å². The van der Waals surface area contributed by atoms with E-state index in [1.165, 1.54) is 17.5 Å². The minimum Gasteiger partial charge on any atom is -0.493 e. The first kappa shape index (κ1) is 11.8. The Hall–Kier alpha value is -1.24. The molecule has 1 heteroatoms. The smallest absolute Gasteiger partial charge is 0.126 e. The lowest BCUT2D eigenvalue weighted by Gasteiger charge is -2.09. The van der Waals surface area contributed by atoms with Crippen molar-refractivity contribution < 1.29 is 4.74 Å². The zero-order chi connectivity index (χ0) is 11.1. The zero-order valence-electron chi connectivity index (χ0n) is 9.92. The van der Waals surface area contributed by atoms with Crippen LogP contribution in [0, 0.1) is 6.92 Å². The Morgan fingerprint density at radius 3 is 2.80 bits per heavy atom. The second kappa shape index (κ2) is 6.28. The second-order valence-corrected chi connectivity index (χ2v) is 3.74. The molecule has 0 saturated carbocycles. The average molecular weight is 204 g/mol. The van der Waals surface area contributed by atoms with Crippen LogP contribution in [0.15, 0.2) is 24.3 Å². The van der Waals surface area contributed by atoms with E-state index in [-0.39, 0.29) is 0 Å². The molecule has 0 aromatic heterocycles. The Kier molecular flexibility index (Phi) is 4.96. The fraction of sp³-hybridized carbons (Fsp3) is 0.429. The highest BCUT2D eigenvalue weighted by Gasteiger charge is 2.00. The third-order valence-electron chi connectivity index (χ3n) is 2.27. The van der Waals surface area contributed by atoms with Crippen LogP contribution in [0.4, 0.5) is 0 Å². The van der Waals surface area contributed by atoms with E-state index >= 15 is 0 Å². The third-order valence-corrected chi connectivity index (χ3v) is 2.27. The Labute approximate surface area is 92.8 Å². The first-order valence-corrected chi connectivity index (χ1v) is 5.64. The van der Waals surface area contributed by atoms with Gasteiger partial charge in [-0.2, -0.15) is 0 Å². The maximum atomic E-state index is 5.73. The first-order valence-electron chi connectivity index (χ1n) is 5.64. The lowest BCUT2D eigenvalue weighted by atomic mass is 10.1. The van der Waals surface area contributed by atoms with Crippen molar-refractivity contribution in [3.05, 3.63) is 35.4 Å². The summed E-state index contributed by atoms with van der Waals surface area (Å²) in [7, 11) is 0. The standard InChI is InChI=1S/C14H20O/c1-4-6-10-15-14-9-8-12(3)11-13(14)7-5-2/h5,7-9,11H,4,6,10H2,1-3H3/b7-5+. The van der Waals surface area contributed by atoms with Crippen molar-refractivity contribution in [1.29, 1.82) is 0 Å². The summed E-state index contributed by atoms with van der Waals surface area (Å²) in [5.74, 6) is 0.993. The number of hydrogen-bond donors (Lipinski definition) is 0. The lowest BCUT2D eigenvalue weighted by molar-refractivity contribution is 0.308. The third kappa shape index (κ3) is 3.78. The van der Waals surface area contributed by atoms with Crippen molar-refractivity contribution in [2.45, 2.75) is 33.6 Å². The van der Waals surface area contributed by atoms with Gasteiger partial charge < -0.3 is 4.74 Å². The molecule has 0 N–H and O–H groups in total. The van der Waals surface area contributed by atoms with E-state index < -0.39 is 0 Å². The molecule has 0 saturated heterocycles. The summed E-state index contributed by atoms with van der Waals surface area (Å²) in [5, 5.41) is 0. The van der Waals surface area contributed by atoms with Crippen molar-refractivity contribution in [3.63, 3.8) is 0 Å². The second-order valence-electron chi connectivity index (χ2n) is 3.74. The summed E-state index contributed by atoms with van der Waals surface area (Å²) in [5.41, 5.74) is 2.44. The highest BCUT2D eigenvalue weighted by atomic mass is 16.5. The molecule has 0 amide bonds. The molecular weight excluding hydrogens is 184 g/mol. The van der Waals surface area contributed by atoms with Gasteiger partial charge in [-0.3, -0.25) is 0 Å². The molecule has 82 valence electrons. The molecule has 0 spiro atoms. The number of benzene rings is 1. The van der Waals surface area contributed by atoms with Gasteiger partial charge >= 0.3 is 0 Å². The maximum Gasteiger partial charge on any atom is 0.126 e. The van der Waals surface area contributed by atoms with Crippen LogP contribution in [0.25, 0.3) is 6.08 Å². The minimum absolute atomic E-state index is 0.810. The van der Waals surface area contributed by atoms with Crippen LogP contribution >= 0.6 is 0 Å². The van der Waals surface area contributed by atoms with E-state index in [2.05, 4.69) is 38.1 Å². The van der Waals surface area contributed by atoms with Gasteiger partial charge in [-0.15, -0.1) is 0 Å². The van der Waals surface area contributed by atoms with Crippen LogP contribution in [0.1, 0.15) is 37.8 Å². The topological polar surface area (TPSA) is 9.23 Å². The number of ether oxygens (including phenoxy) is 1. The molecule has 1 aromatic carbocycles. The number of aryl methyl sites for hydroxylation is 1. The molecule has 0 aliphatic carbocycles. The molecule has 0 atom stereocenters. The maximum absolute atomic E-state index is 5.73. The summed E-state index contributed by atoms with van der Waals surface area (Å²) in [6.07, 6.45) is 6.42. The SMILES string of the molecule is C/C=C/c1cc(C)ccc1OCCCC. The van der Waals surface area contributed by atoms with Crippen molar-refractivity contribution in [3.8, 4) is 5.75 Å². The van der Waals surface area contributed by atoms with Crippen LogP contribution < -0.4 is 4.74 Å². The van der Waals surface area contributed by atoms with Gasteiger partial charge in [0.15, 0.2) is 0 Å². The minimum atomic E-state index is 0.810. The van der Waals surface area contributed by atoms with Gasteiger partial charge in [0.05, 0.1) is 6.61 Å². The van der Waals surface area contributed by atoms with Gasteiger partial charge in [-0.1, -0.05) is 37.1 Å². The van der Waals surface area contributed by atoms with Crippen LogP contribution in [0.3, 0.4) is 0 Å². The highest BCUT2D eigenvalue weighted by molar-refractivity contribution is 5.58. The van der Waals surface area contributed by atoms with Crippen LogP contribution in [0.2, 0.25) is 0 Å². The van der Waals surface area contributed by atoms with Crippen molar-refractivity contribution in [2.75, 3.05) is 6.61 Å². The fourth-order valence-electron chi connectivity index (χ4n) is 1.44. The van der Waals surface area contributed by atoms with Gasteiger partial charge in [-0.05, 0) is 32.4 Å². The predicted octanol–water partition coefficient (Wildman–Crippen LogP) is 4.21. The van der Waals surface area contributed by atoms with E-state index in [4.69, 9.17) is 4.74 Å². The molecule has 1 aromatic rings. The van der Waals surface area contributed by atoms with Crippen LogP contribution in [-0.2, 0) is 0 Å². The van der Waals surface area contributed by atoms with Gasteiger partial charge in [0.2, 0.25) is 0 Å². The van der Waals surface area contributed by atoms with Crippen molar-refractivity contribution in [1.82, 2.24) is 0 Å². The van der Waals surface area contributed by atoms with Crippen molar-refractivity contribution in [2.24, 2.45) is 0 Å². The molecular formula is C14H20O. The molecule has 0 bridgehead atoms. The number of rotatable bonds is 5. The number of hydrogen-bond acceptors (Lipinski definition) is 1. The summed E-state index contributed by atoms with van der Waals surface area (Å²) in [6, 6.07) is 6.30. The lowest BCUT2D eigenvalue weighted by Crippen LogP contribution is -1.98. The average Bonchev–Trinajstić information content (AvgIpc) is 2.22. The normalized spacial score (nSPS) is 10.9. The van der Waals surface area contributed by atoms with E-state index in [1.807, 2.05) is 13.0 Å². The Morgan fingerprint density at radius 1 is 1.33 bits per heavy atom. The summed E-state index contributed by atoms with van der Waals surface area (Å²) >= 11 is 0. The van der Waals surface area contributed by atoms with Crippen LogP contribution in [0.5, 0.6) is 5.75 Å². The van der Waals surface area contributed by atoms with Crippen molar-refractivity contribution >= 4 is 6.08 Å². The quantitative estimate of drug-likeness (QED) is 0.653. The van der Waals surface area contributed by atoms with Gasteiger partial charge in [0.1, 0.15) is 5.75 Å². The fourth-order valence-corrected chi connectivity index (χ4v) is 1.44. The van der Waals surface area contributed by atoms with Gasteiger partial charge in [0.25, 0.3) is 0 Å². The molecule has 1 nitrogen and oxygen atoms in total. The molecule has 0 radical (unpaired) electrons. The summed E-state index contributed by atoms with van der Waals surface area (Å²) in [4.78, 5) is 0. The first-order chi connectivity index (χ1) is 7.27. The van der Waals surface area contributed by atoms with E-state index in [9.17, 15) is 0 Å². The van der Waals surface area contributed by atoms with Gasteiger partial charge in [0, 0.05) is 5.56 Å². The molecule has 0 aliphatic heterocycles. The van der Waals surface area contributed by atoms with E-state index in [1.54, 1.807) is 0 Å². The molecule has 0 unspecified atom stereocenters. The zero-order valence-corrected chi connectivity index (χ0v) is 9.92. The molecule has 0 heterocycles. The molecule has 0 fully saturated rings. The molecule has 0 aliphatic rings. The van der Waals surface area contributed by atoms with E-state index in [0.29, 0.717) is 0 Å². The Morgan fingerprint density at radius 2 is 2.13 bits per heavy atom. The summed E-state index contributed by atoms with van der Waals surface area (Å²) < 4.78 is 5.73. The molecule has 15 heavy (non-hydrogen) atoms. The van der Waals surface area contributed by atoms with E-state index in [0.717, 1.165) is 18.8 Å². The Bertz CT molecular complexity index is 326. The number of allylic oxidation sites excluding steroid dienone is 1. The summed E-state index contributed by atoms with van der Waals surface area (Å²) in [6.45, 7) is 7.11. The molecule has 1 rings (SSSR count). The number of unbranched alkanes of at least 4 members (excludes halogenated alkanes) is 1.